The van der Waals surface area contributed by atoms with Gasteiger partial charge in [0.2, 0.25) is 0 Å². The lowest BCUT2D eigenvalue weighted by atomic mass is 10.0. The Morgan fingerprint density at radius 3 is 2.95 bits per heavy atom. The highest BCUT2D eigenvalue weighted by Gasteiger charge is 2.28. The predicted octanol–water partition coefficient (Wildman–Crippen LogP) is 1.79. The summed E-state index contributed by atoms with van der Waals surface area (Å²) >= 11 is 0. The molecule has 1 unspecified atom stereocenters. The lowest BCUT2D eigenvalue weighted by Gasteiger charge is -2.35. The van der Waals surface area contributed by atoms with Gasteiger partial charge in [-0.3, -0.25) is 4.79 Å². The number of rotatable bonds is 3. The molecule has 5 heteroatoms. The Bertz CT molecular complexity index is 465. The van der Waals surface area contributed by atoms with E-state index in [0.717, 1.165) is 19.3 Å². The summed E-state index contributed by atoms with van der Waals surface area (Å²) in [5, 5.41) is 0. The van der Waals surface area contributed by atoms with Crippen LogP contribution in [0.1, 0.15) is 29.6 Å². The fraction of sp³-hybridized carbons (Fsp3) is 0.500. The number of carbonyl (C=O) groups is 1. The molecule has 2 N–H and O–H groups in total. The molecule has 0 bridgehead atoms. The van der Waals surface area contributed by atoms with Crippen LogP contribution in [0.4, 0.5) is 4.39 Å². The van der Waals surface area contributed by atoms with Crippen LogP contribution in [0.15, 0.2) is 18.2 Å². The van der Waals surface area contributed by atoms with E-state index in [1.807, 2.05) is 0 Å². The van der Waals surface area contributed by atoms with Gasteiger partial charge in [0.1, 0.15) is 11.6 Å². The Morgan fingerprint density at radius 1 is 1.53 bits per heavy atom. The van der Waals surface area contributed by atoms with Crippen molar-refractivity contribution in [2.45, 2.75) is 25.3 Å². The van der Waals surface area contributed by atoms with Gasteiger partial charge in [-0.25, -0.2) is 4.39 Å². The number of nitrogens with zero attached hydrogens (tertiary/aromatic N) is 1. The zero-order valence-corrected chi connectivity index (χ0v) is 11.1. The molecule has 0 aliphatic carbocycles. The van der Waals surface area contributed by atoms with E-state index in [9.17, 15) is 9.18 Å². The highest BCUT2D eigenvalue weighted by Crippen LogP contribution is 2.22. The monoisotopic (exact) mass is 266 g/mol. The van der Waals surface area contributed by atoms with E-state index in [-0.39, 0.29) is 17.5 Å². The fourth-order valence-corrected chi connectivity index (χ4v) is 2.46. The largest absolute Gasteiger partial charge is 0.497 e. The highest BCUT2D eigenvalue weighted by molar-refractivity contribution is 5.95. The summed E-state index contributed by atoms with van der Waals surface area (Å²) in [4.78, 5) is 14.1. The number of hydrogen-bond donors (Lipinski definition) is 1. The van der Waals surface area contributed by atoms with Gasteiger partial charge in [-0.1, -0.05) is 0 Å². The van der Waals surface area contributed by atoms with Crippen molar-refractivity contribution in [1.29, 1.82) is 0 Å². The summed E-state index contributed by atoms with van der Waals surface area (Å²) in [6.45, 7) is 1.07. The molecule has 0 radical (unpaired) electrons. The Balaban J connectivity index is 2.23. The molecule has 1 fully saturated rings. The molecule has 104 valence electrons. The normalized spacial score (nSPS) is 19.3. The molecule has 19 heavy (non-hydrogen) atoms. The third kappa shape index (κ3) is 2.87. The first-order chi connectivity index (χ1) is 9.17. The number of nitrogens with two attached hydrogens (primary N) is 1. The zero-order chi connectivity index (χ0) is 13.8. The highest BCUT2D eigenvalue weighted by atomic mass is 19.1. The number of hydrogen-bond acceptors (Lipinski definition) is 3. The van der Waals surface area contributed by atoms with Crippen molar-refractivity contribution in [2.24, 2.45) is 5.73 Å². The number of methoxy groups -OCH3 is 1. The van der Waals surface area contributed by atoms with Crippen LogP contribution in [0, 0.1) is 5.82 Å². The van der Waals surface area contributed by atoms with Gasteiger partial charge in [-0.15, -0.1) is 0 Å². The molecule has 0 saturated carbocycles. The number of piperidine rings is 1. The number of ether oxygens (including phenoxy) is 1. The van der Waals surface area contributed by atoms with Crippen LogP contribution in [0.2, 0.25) is 0 Å². The Labute approximate surface area is 112 Å². The molecule has 1 atom stereocenters. The lowest BCUT2D eigenvalue weighted by Crippen LogP contribution is -2.47. The maximum absolute atomic E-state index is 13.9. The van der Waals surface area contributed by atoms with Crippen molar-refractivity contribution < 1.29 is 13.9 Å². The first-order valence-electron chi connectivity index (χ1n) is 6.52. The first kappa shape index (κ1) is 13.8. The first-order valence-corrected chi connectivity index (χ1v) is 6.52. The molecule has 1 heterocycles. The number of likely N-dealkylation sites (tertiary alicyclic amines) is 1. The average Bonchev–Trinajstić information content (AvgIpc) is 2.46. The van der Waals surface area contributed by atoms with E-state index in [4.69, 9.17) is 10.5 Å². The van der Waals surface area contributed by atoms with Crippen LogP contribution in [-0.4, -0.2) is 37.0 Å². The summed E-state index contributed by atoms with van der Waals surface area (Å²) in [6.07, 6.45) is 2.90. The third-order valence-corrected chi connectivity index (χ3v) is 3.57. The molecule has 1 aromatic rings. The molecule has 0 spiro atoms. The number of carbonyl (C=O) groups excluding carboxylic acids is 1. The molecule has 4 nitrogen and oxygen atoms in total. The van der Waals surface area contributed by atoms with Gasteiger partial charge in [0, 0.05) is 25.2 Å². The summed E-state index contributed by atoms with van der Waals surface area (Å²) in [5.41, 5.74) is 5.77. The van der Waals surface area contributed by atoms with Gasteiger partial charge in [-0.2, -0.15) is 0 Å². The molecule has 1 aliphatic heterocycles. The van der Waals surface area contributed by atoms with Gasteiger partial charge in [0.25, 0.3) is 5.91 Å². The van der Waals surface area contributed by atoms with Crippen LogP contribution in [-0.2, 0) is 0 Å². The molecule has 0 aromatic heterocycles. The number of amides is 1. The maximum atomic E-state index is 13.9. The summed E-state index contributed by atoms with van der Waals surface area (Å²) in [7, 11) is 1.46. The minimum Gasteiger partial charge on any atom is -0.497 e. The Morgan fingerprint density at radius 2 is 2.32 bits per heavy atom. The van der Waals surface area contributed by atoms with Crippen molar-refractivity contribution in [3.63, 3.8) is 0 Å². The second-order valence-electron chi connectivity index (χ2n) is 4.73. The second kappa shape index (κ2) is 6.02. The predicted molar refractivity (Wildman–Crippen MR) is 70.7 cm³/mol. The second-order valence-corrected chi connectivity index (χ2v) is 4.73. The van der Waals surface area contributed by atoms with Crippen molar-refractivity contribution in [3.05, 3.63) is 29.6 Å². The van der Waals surface area contributed by atoms with E-state index in [2.05, 4.69) is 0 Å². The number of benzene rings is 1. The molecule has 1 saturated heterocycles. The Hall–Kier alpha value is -1.62. The maximum Gasteiger partial charge on any atom is 0.257 e. The summed E-state index contributed by atoms with van der Waals surface area (Å²) < 4.78 is 18.8. The van der Waals surface area contributed by atoms with Crippen LogP contribution < -0.4 is 10.5 Å². The van der Waals surface area contributed by atoms with Gasteiger partial charge in [-0.05, 0) is 31.4 Å². The number of halogens is 1. The zero-order valence-electron chi connectivity index (χ0n) is 11.1. The summed E-state index contributed by atoms with van der Waals surface area (Å²) in [6, 6.07) is 4.31. The Kier molecular flexibility index (Phi) is 4.37. The molecular formula is C14H19FN2O2. The van der Waals surface area contributed by atoms with Gasteiger partial charge in [0.05, 0.1) is 12.7 Å². The van der Waals surface area contributed by atoms with E-state index in [1.165, 1.54) is 19.2 Å². The van der Waals surface area contributed by atoms with E-state index >= 15 is 0 Å². The molecule has 2 rings (SSSR count). The third-order valence-electron chi connectivity index (χ3n) is 3.57. The molecule has 1 amide bonds. The minimum atomic E-state index is -0.550. The smallest absolute Gasteiger partial charge is 0.257 e. The van der Waals surface area contributed by atoms with Crippen LogP contribution in [0.3, 0.4) is 0 Å². The van der Waals surface area contributed by atoms with E-state index in [1.54, 1.807) is 11.0 Å². The fourth-order valence-electron chi connectivity index (χ4n) is 2.46. The standard InChI is InChI=1S/C14H19FN2O2/c1-19-11-5-6-12(13(15)8-11)14(18)17-7-3-2-4-10(17)9-16/h5-6,8,10H,2-4,7,9,16H2,1H3. The average molecular weight is 266 g/mol. The molecule has 1 aromatic carbocycles. The lowest BCUT2D eigenvalue weighted by molar-refractivity contribution is 0.0618. The minimum absolute atomic E-state index is 0.0164. The van der Waals surface area contributed by atoms with Crippen molar-refractivity contribution in [1.82, 2.24) is 4.90 Å². The topological polar surface area (TPSA) is 55.6 Å². The van der Waals surface area contributed by atoms with Crippen LogP contribution in [0.25, 0.3) is 0 Å². The van der Waals surface area contributed by atoms with Gasteiger partial charge in [0.15, 0.2) is 0 Å². The van der Waals surface area contributed by atoms with E-state index < -0.39 is 5.82 Å². The molecule has 1 aliphatic rings. The SMILES string of the molecule is COc1ccc(C(=O)N2CCCCC2CN)c(F)c1. The summed E-state index contributed by atoms with van der Waals surface area (Å²) in [5.74, 6) is -0.427. The van der Waals surface area contributed by atoms with Gasteiger partial charge < -0.3 is 15.4 Å². The van der Waals surface area contributed by atoms with Crippen LogP contribution in [0.5, 0.6) is 5.75 Å². The van der Waals surface area contributed by atoms with Crippen LogP contribution >= 0.6 is 0 Å². The van der Waals surface area contributed by atoms with Crippen molar-refractivity contribution in [3.8, 4) is 5.75 Å². The molecular weight excluding hydrogens is 247 g/mol. The van der Waals surface area contributed by atoms with E-state index in [0.29, 0.717) is 18.8 Å². The quantitative estimate of drug-likeness (QED) is 0.907. The van der Waals surface area contributed by atoms with Crippen molar-refractivity contribution >= 4 is 5.91 Å². The van der Waals surface area contributed by atoms with Gasteiger partial charge >= 0.3 is 0 Å². The van der Waals surface area contributed by atoms with Crippen molar-refractivity contribution in [2.75, 3.05) is 20.2 Å².